The Kier molecular flexibility index (Phi) is 4.76. The standard InChI is InChI=1S/C18H18F3N3O/c1-12-9-14(15-6-2-3-7-16(15)22-12)11-24-10-13(5-4-8-25)17(23-24)18(19,20)21/h2-3,6-7,9-10,25H,4-5,8,11H2,1H3. The first-order valence-corrected chi connectivity index (χ1v) is 7.98. The second-order valence-electron chi connectivity index (χ2n) is 5.97. The maximum atomic E-state index is 13.2. The van der Waals surface area contributed by atoms with E-state index in [-0.39, 0.29) is 31.6 Å². The first-order chi connectivity index (χ1) is 11.9. The molecule has 0 fully saturated rings. The van der Waals surface area contributed by atoms with E-state index < -0.39 is 11.9 Å². The summed E-state index contributed by atoms with van der Waals surface area (Å²) >= 11 is 0. The SMILES string of the molecule is Cc1cc(Cn2cc(CCCO)c(C(F)(F)F)n2)c2ccccc2n1. The summed E-state index contributed by atoms with van der Waals surface area (Å²) < 4.78 is 40.9. The van der Waals surface area contributed by atoms with Gasteiger partial charge in [-0.3, -0.25) is 9.67 Å². The predicted molar refractivity (Wildman–Crippen MR) is 88.2 cm³/mol. The molecule has 4 nitrogen and oxygen atoms in total. The molecule has 0 spiro atoms. The quantitative estimate of drug-likeness (QED) is 0.764. The average Bonchev–Trinajstić information content (AvgIpc) is 2.96. The lowest BCUT2D eigenvalue weighted by atomic mass is 10.1. The van der Waals surface area contributed by atoms with Crippen molar-refractivity contribution in [1.29, 1.82) is 0 Å². The third-order valence-electron chi connectivity index (χ3n) is 3.97. The number of hydrogen-bond donors (Lipinski definition) is 1. The molecule has 1 N–H and O–H groups in total. The van der Waals surface area contributed by atoms with Gasteiger partial charge >= 0.3 is 6.18 Å². The molecule has 3 rings (SSSR count). The molecular weight excluding hydrogens is 331 g/mol. The molecule has 0 saturated heterocycles. The van der Waals surface area contributed by atoms with Crippen LogP contribution in [0.4, 0.5) is 13.2 Å². The molecule has 0 bridgehead atoms. The Morgan fingerprint density at radius 1 is 1.16 bits per heavy atom. The topological polar surface area (TPSA) is 50.9 Å². The second-order valence-corrected chi connectivity index (χ2v) is 5.97. The smallest absolute Gasteiger partial charge is 0.396 e. The number of benzene rings is 1. The van der Waals surface area contributed by atoms with E-state index in [1.807, 2.05) is 37.3 Å². The third-order valence-corrected chi connectivity index (χ3v) is 3.97. The zero-order valence-electron chi connectivity index (χ0n) is 13.7. The van der Waals surface area contributed by atoms with Gasteiger partial charge < -0.3 is 5.11 Å². The van der Waals surface area contributed by atoms with Gasteiger partial charge in [-0.05, 0) is 37.5 Å². The highest BCUT2D eigenvalue weighted by molar-refractivity contribution is 5.82. The Balaban J connectivity index is 2.00. The zero-order chi connectivity index (χ0) is 18.0. The van der Waals surface area contributed by atoms with Gasteiger partial charge in [0.25, 0.3) is 0 Å². The molecule has 2 aromatic heterocycles. The number of nitrogens with zero attached hydrogens (tertiary/aromatic N) is 3. The molecular formula is C18H18F3N3O. The zero-order valence-corrected chi connectivity index (χ0v) is 13.7. The maximum absolute atomic E-state index is 13.2. The van der Waals surface area contributed by atoms with Crippen LogP contribution in [0.1, 0.15) is 28.9 Å². The van der Waals surface area contributed by atoms with Gasteiger partial charge in [-0.2, -0.15) is 18.3 Å². The summed E-state index contributed by atoms with van der Waals surface area (Å²) in [6.45, 7) is 1.93. The summed E-state index contributed by atoms with van der Waals surface area (Å²) in [7, 11) is 0. The van der Waals surface area contributed by atoms with Crippen LogP contribution in [0.3, 0.4) is 0 Å². The lowest BCUT2D eigenvalue weighted by Gasteiger charge is -2.08. The van der Waals surface area contributed by atoms with Gasteiger partial charge in [0.05, 0.1) is 12.1 Å². The lowest BCUT2D eigenvalue weighted by molar-refractivity contribution is -0.142. The molecule has 132 valence electrons. The summed E-state index contributed by atoms with van der Waals surface area (Å²) in [6, 6.07) is 9.40. The van der Waals surface area contributed by atoms with Crippen LogP contribution in [0, 0.1) is 6.92 Å². The molecule has 3 aromatic rings. The molecule has 0 aliphatic heterocycles. The number of hydrogen-bond acceptors (Lipinski definition) is 3. The minimum atomic E-state index is -4.51. The fourth-order valence-electron chi connectivity index (χ4n) is 2.93. The van der Waals surface area contributed by atoms with Gasteiger partial charge in [0.2, 0.25) is 0 Å². The first kappa shape index (κ1) is 17.4. The van der Waals surface area contributed by atoms with Gasteiger partial charge in [0, 0.05) is 29.4 Å². The van der Waals surface area contributed by atoms with Crippen molar-refractivity contribution in [2.75, 3.05) is 6.61 Å². The fourth-order valence-corrected chi connectivity index (χ4v) is 2.93. The minimum absolute atomic E-state index is 0.108. The highest BCUT2D eigenvalue weighted by atomic mass is 19.4. The van der Waals surface area contributed by atoms with E-state index in [1.165, 1.54) is 10.9 Å². The number of alkyl halides is 3. The Labute approximate surface area is 142 Å². The number of para-hydroxylation sites is 1. The van der Waals surface area contributed by atoms with Crippen molar-refractivity contribution in [3.05, 3.63) is 59.0 Å². The minimum Gasteiger partial charge on any atom is -0.396 e. The van der Waals surface area contributed by atoms with Crippen molar-refractivity contribution in [1.82, 2.24) is 14.8 Å². The molecule has 0 amide bonds. The van der Waals surface area contributed by atoms with Crippen molar-refractivity contribution in [3.8, 4) is 0 Å². The number of rotatable bonds is 5. The highest BCUT2D eigenvalue weighted by Crippen LogP contribution is 2.31. The molecule has 25 heavy (non-hydrogen) atoms. The monoisotopic (exact) mass is 349 g/mol. The number of fused-ring (bicyclic) bond motifs is 1. The van der Waals surface area contributed by atoms with Crippen LogP contribution < -0.4 is 0 Å². The molecule has 1 aromatic carbocycles. The van der Waals surface area contributed by atoms with Gasteiger partial charge in [0.1, 0.15) is 0 Å². The van der Waals surface area contributed by atoms with Crippen LogP contribution in [-0.4, -0.2) is 26.5 Å². The van der Waals surface area contributed by atoms with Gasteiger partial charge in [-0.15, -0.1) is 0 Å². The summed E-state index contributed by atoms with van der Waals surface area (Å²) in [5, 5.41) is 13.5. The molecule has 0 saturated carbocycles. The lowest BCUT2D eigenvalue weighted by Crippen LogP contribution is -2.10. The number of aromatic nitrogens is 3. The van der Waals surface area contributed by atoms with Crippen molar-refractivity contribution < 1.29 is 18.3 Å². The molecule has 0 unspecified atom stereocenters. The fraction of sp³-hybridized carbons (Fsp3) is 0.333. The predicted octanol–water partition coefficient (Wildman–Crippen LogP) is 3.73. The van der Waals surface area contributed by atoms with Crippen LogP contribution in [0.15, 0.2) is 36.5 Å². The average molecular weight is 349 g/mol. The van der Waals surface area contributed by atoms with Crippen molar-refractivity contribution in [3.63, 3.8) is 0 Å². The summed E-state index contributed by atoms with van der Waals surface area (Å²) in [5.74, 6) is 0. The van der Waals surface area contributed by atoms with Crippen molar-refractivity contribution >= 4 is 10.9 Å². The van der Waals surface area contributed by atoms with E-state index >= 15 is 0 Å². The number of halogens is 3. The Bertz CT molecular complexity index is 887. The molecule has 2 heterocycles. The van der Waals surface area contributed by atoms with Crippen molar-refractivity contribution in [2.24, 2.45) is 0 Å². The van der Waals surface area contributed by atoms with Crippen LogP contribution in [0.25, 0.3) is 10.9 Å². The first-order valence-electron chi connectivity index (χ1n) is 7.98. The summed E-state index contributed by atoms with van der Waals surface area (Å²) in [6.07, 6.45) is -2.68. The van der Waals surface area contributed by atoms with Crippen LogP contribution in [0.2, 0.25) is 0 Å². The van der Waals surface area contributed by atoms with Crippen LogP contribution >= 0.6 is 0 Å². The Morgan fingerprint density at radius 3 is 2.64 bits per heavy atom. The highest BCUT2D eigenvalue weighted by Gasteiger charge is 2.36. The van der Waals surface area contributed by atoms with E-state index in [1.54, 1.807) is 0 Å². The van der Waals surface area contributed by atoms with E-state index in [0.717, 1.165) is 22.2 Å². The molecule has 0 radical (unpaired) electrons. The van der Waals surface area contributed by atoms with Gasteiger partial charge in [0.15, 0.2) is 5.69 Å². The Morgan fingerprint density at radius 2 is 1.92 bits per heavy atom. The molecule has 0 aliphatic rings. The summed E-state index contributed by atoms with van der Waals surface area (Å²) in [5.41, 5.74) is 1.71. The van der Waals surface area contributed by atoms with Gasteiger partial charge in [-0.1, -0.05) is 18.2 Å². The number of aliphatic hydroxyl groups is 1. The molecule has 7 heteroatoms. The van der Waals surface area contributed by atoms with Crippen LogP contribution in [-0.2, 0) is 19.1 Å². The molecule has 0 atom stereocenters. The van der Waals surface area contributed by atoms with E-state index in [0.29, 0.717) is 0 Å². The van der Waals surface area contributed by atoms with E-state index in [2.05, 4.69) is 10.1 Å². The van der Waals surface area contributed by atoms with E-state index in [9.17, 15) is 13.2 Å². The maximum Gasteiger partial charge on any atom is 0.435 e. The molecule has 0 aliphatic carbocycles. The number of aliphatic hydroxyl groups excluding tert-OH is 1. The summed E-state index contributed by atoms with van der Waals surface area (Å²) in [4.78, 5) is 4.44. The Hall–Kier alpha value is -2.41. The number of pyridine rings is 1. The van der Waals surface area contributed by atoms with Crippen LogP contribution in [0.5, 0.6) is 0 Å². The normalized spacial score (nSPS) is 12.0. The number of aryl methyl sites for hydroxylation is 2. The largest absolute Gasteiger partial charge is 0.435 e. The van der Waals surface area contributed by atoms with Gasteiger partial charge in [-0.25, -0.2) is 0 Å². The van der Waals surface area contributed by atoms with E-state index in [4.69, 9.17) is 5.11 Å². The van der Waals surface area contributed by atoms with Crippen molar-refractivity contribution in [2.45, 2.75) is 32.5 Å². The second kappa shape index (κ2) is 6.84. The third kappa shape index (κ3) is 3.82.